The molecule has 0 saturated heterocycles. The molecule has 0 unspecified atom stereocenters. The third kappa shape index (κ3) is 3.15. The van der Waals surface area contributed by atoms with Gasteiger partial charge in [-0.3, -0.25) is 4.98 Å². The zero-order valence-electron chi connectivity index (χ0n) is 11.9. The molecule has 1 aromatic heterocycles. The van der Waals surface area contributed by atoms with E-state index in [1.54, 1.807) is 7.11 Å². The predicted octanol–water partition coefficient (Wildman–Crippen LogP) is 2.33. The van der Waals surface area contributed by atoms with E-state index in [4.69, 9.17) is 10.5 Å². The number of ether oxygens (including phenoxy) is 1. The van der Waals surface area contributed by atoms with Crippen molar-refractivity contribution in [1.82, 2.24) is 4.98 Å². The van der Waals surface area contributed by atoms with E-state index in [0.29, 0.717) is 13.2 Å². The Kier molecular flexibility index (Phi) is 5.09. The van der Waals surface area contributed by atoms with Crippen molar-refractivity contribution in [2.24, 2.45) is 5.73 Å². The number of pyridine rings is 1. The largest absolute Gasteiger partial charge is 0.383 e. The van der Waals surface area contributed by atoms with Crippen LogP contribution in [0, 0.1) is 0 Å². The third-order valence-corrected chi connectivity index (χ3v) is 3.21. The molecular formula is C16H21N3O. The summed E-state index contributed by atoms with van der Waals surface area (Å²) in [6, 6.07) is 10.2. The second kappa shape index (κ2) is 7.03. The predicted molar refractivity (Wildman–Crippen MR) is 83.9 cm³/mol. The van der Waals surface area contributed by atoms with Crippen LogP contribution in [0.4, 0.5) is 5.69 Å². The lowest BCUT2D eigenvalue weighted by atomic mass is 10.1. The Balaban J connectivity index is 2.50. The Bertz CT molecular complexity index is 583. The molecule has 1 heterocycles. The maximum absolute atomic E-state index is 5.76. The molecule has 0 aliphatic rings. The summed E-state index contributed by atoms with van der Waals surface area (Å²) in [4.78, 5) is 6.80. The lowest BCUT2D eigenvalue weighted by molar-refractivity contribution is 0.206. The molecule has 1 aromatic carbocycles. The smallest absolute Gasteiger partial charge is 0.0726 e. The van der Waals surface area contributed by atoms with Gasteiger partial charge in [0.25, 0.3) is 0 Å². The number of anilines is 1. The van der Waals surface area contributed by atoms with Crippen LogP contribution in [0.5, 0.6) is 0 Å². The molecule has 2 N–H and O–H groups in total. The fraction of sp³-hybridized carbons (Fsp3) is 0.312. The van der Waals surface area contributed by atoms with E-state index in [9.17, 15) is 0 Å². The van der Waals surface area contributed by atoms with Crippen molar-refractivity contribution in [2.75, 3.05) is 31.7 Å². The Morgan fingerprint density at radius 2 is 2.20 bits per heavy atom. The van der Waals surface area contributed by atoms with Gasteiger partial charge < -0.3 is 15.4 Å². The highest BCUT2D eigenvalue weighted by Gasteiger charge is 2.11. The van der Waals surface area contributed by atoms with Crippen LogP contribution in [0.15, 0.2) is 43.0 Å². The van der Waals surface area contributed by atoms with Gasteiger partial charge in [-0.2, -0.15) is 0 Å². The average molecular weight is 271 g/mol. The van der Waals surface area contributed by atoms with Crippen LogP contribution in [-0.2, 0) is 11.3 Å². The molecule has 20 heavy (non-hydrogen) atoms. The fourth-order valence-corrected chi connectivity index (χ4v) is 2.24. The van der Waals surface area contributed by atoms with Crippen molar-refractivity contribution >= 4 is 16.6 Å². The van der Waals surface area contributed by atoms with Gasteiger partial charge in [-0.1, -0.05) is 24.3 Å². The van der Waals surface area contributed by atoms with Crippen molar-refractivity contribution in [1.29, 1.82) is 0 Å². The maximum Gasteiger partial charge on any atom is 0.0726 e. The molecule has 0 bridgehead atoms. The molecule has 0 spiro atoms. The Labute approximate surface area is 119 Å². The molecular weight excluding hydrogens is 250 g/mol. The van der Waals surface area contributed by atoms with E-state index in [0.717, 1.165) is 35.4 Å². The summed E-state index contributed by atoms with van der Waals surface area (Å²) in [5.74, 6) is 0. The quantitative estimate of drug-likeness (QED) is 0.785. The molecule has 4 nitrogen and oxygen atoms in total. The van der Waals surface area contributed by atoms with Crippen molar-refractivity contribution in [3.63, 3.8) is 0 Å². The monoisotopic (exact) mass is 271 g/mol. The highest BCUT2D eigenvalue weighted by Crippen LogP contribution is 2.26. The summed E-state index contributed by atoms with van der Waals surface area (Å²) in [6.45, 7) is 6.51. The number of nitrogens with two attached hydrogens (primary N) is 1. The number of fused-ring (bicyclic) bond motifs is 1. The molecule has 106 valence electrons. The van der Waals surface area contributed by atoms with Crippen molar-refractivity contribution < 1.29 is 4.74 Å². The van der Waals surface area contributed by atoms with E-state index < -0.39 is 0 Å². The van der Waals surface area contributed by atoms with Gasteiger partial charge >= 0.3 is 0 Å². The number of benzene rings is 1. The van der Waals surface area contributed by atoms with E-state index in [-0.39, 0.29) is 0 Å². The number of rotatable bonds is 7. The number of aromatic nitrogens is 1. The van der Waals surface area contributed by atoms with E-state index in [1.807, 2.05) is 24.3 Å². The summed E-state index contributed by atoms with van der Waals surface area (Å²) < 4.78 is 5.19. The first-order chi connectivity index (χ1) is 9.80. The molecule has 0 radical (unpaired) electrons. The molecule has 0 aliphatic heterocycles. The molecule has 0 aliphatic carbocycles. The van der Waals surface area contributed by atoms with Gasteiger partial charge in [-0.25, -0.2) is 0 Å². The zero-order chi connectivity index (χ0) is 14.4. The Hall–Kier alpha value is -1.91. The number of nitrogens with zero attached hydrogens (tertiary/aromatic N) is 2. The summed E-state index contributed by atoms with van der Waals surface area (Å²) in [7, 11) is 1.71. The van der Waals surface area contributed by atoms with Crippen LogP contribution in [0.3, 0.4) is 0 Å². The van der Waals surface area contributed by atoms with Crippen LogP contribution in [0.2, 0.25) is 0 Å². The second-order valence-corrected chi connectivity index (χ2v) is 4.58. The average Bonchev–Trinajstić information content (AvgIpc) is 2.50. The number of methoxy groups -OCH3 is 1. The molecule has 4 heteroatoms. The lowest BCUT2D eigenvalue weighted by Gasteiger charge is -2.25. The highest BCUT2D eigenvalue weighted by atomic mass is 16.5. The standard InChI is InChI=1S/C16H21N3O/c1-3-8-19(9-10-20-2)16-11-13(12-17)18-15-7-5-4-6-14(15)16/h3-7,11H,1,8-10,12,17H2,2H3. The third-order valence-electron chi connectivity index (χ3n) is 3.21. The second-order valence-electron chi connectivity index (χ2n) is 4.58. The number of para-hydroxylation sites is 1. The summed E-state index contributed by atoms with van der Waals surface area (Å²) in [5, 5.41) is 1.13. The van der Waals surface area contributed by atoms with Crippen molar-refractivity contribution in [3.05, 3.63) is 48.7 Å². The van der Waals surface area contributed by atoms with E-state index in [2.05, 4.69) is 28.6 Å². The summed E-state index contributed by atoms with van der Waals surface area (Å²) in [5.41, 5.74) is 8.75. The highest BCUT2D eigenvalue weighted by molar-refractivity contribution is 5.92. The molecule has 0 amide bonds. The Morgan fingerprint density at radius 1 is 1.40 bits per heavy atom. The fourth-order valence-electron chi connectivity index (χ4n) is 2.24. The lowest BCUT2D eigenvalue weighted by Crippen LogP contribution is -2.27. The Morgan fingerprint density at radius 3 is 2.90 bits per heavy atom. The van der Waals surface area contributed by atoms with Crippen LogP contribution >= 0.6 is 0 Å². The normalized spacial score (nSPS) is 10.7. The molecule has 0 fully saturated rings. The van der Waals surface area contributed by atoms with E-state index >= 15 is 0 Å². The number of hydrogen-bond donors (Lipinski definition) is 1. The van der Waals surface area contributed by atoms with Gasteiger partial charge in [0.2, 0.25) is 0 Å². The van der Waals surface area contributed by atoms with Gasteiger partial charge in [0.1, 0.15) is 0 Å². The van der Waals surface area contributed by atoms with Crippen molar-refractivity contribution in [2.45, 2.75) is 6.54 Å². The first-order valence-corrected chi connectivity index (χ1v) is 6.73. The first-order valence-electron chi connectivity index (χ1n) is 6.73. The van der Waals surface area contributed by atoms with Crippen LogP contribution in [0.1, 0.15) is 5.69 Å². The first kappa shape index (κ1) is 14.5. The summed E-state index contributed by atoms with van der Waals surface area (Å²) >= 11 is 0. The molecule has 2 aromatic rings. The molecule has 2 rings (SSSR count). The van der Waals surface area contributed by atoms with Crippen molar-refractivity contribution in [3.8, 4) is 0 Å². The zero-order valence-corrected chi connectivity index (χ0v) is 11.9. The van der Waals surface area contributed by atoms with Gasteiger partial charge in [-0.05, 0) is 12.1 Å². The van der Waals surface area contributed by atoms with Gasteiger partial charge in [0, 0.05) is 37.8 Å². The topological polar surface area (TPSA) is 51.4 Å². The number of hydrogen-bond acceptors (Lipinski definition) is 4. The molecule has 0 atom stereocenters. The van der Waals surface area contributed by atoms with Gasteiger partial charge in [0.15, 0.2) is 0 Å². The van der Waals surface area contributed by atoms with Gasteiger partial charge in [0.05, 0.1) is 17.8 Å². The van der Waals surface area contributed by atoms with Crippen LogP contribution in [-0.4, -0.2) is 31.8 Å². The van der Waals surface area contributed by atoms with E-state index in [1.165, 1.54) is 0 Å². The van der Waals surface area contributed by atoms with Gasteiger partial charge in [-0.15, -0.1) is 6.58 Å². The molecule has 0 saturated carbocycles. The minimum atomic E-state index is 0.435. The van der Waals surface area contributed by atoms with Crippen LogP contribution in [0.25, 0.3) is 10.9 Å². The summed E-state index contributed by atoms with van der Waals surface area (Å²) in [6.07, 6.45) is 1.90. The minimum absolute atomic E-state index is 0.435. The van der Waals surface area contributed by atoms with Crippen LogP contribution < -0.4 is 10.6 Å². The maximum atomic E-state index is 5.76. The SMILES string of the molecule is C=CCN(CCOC)c1cc(CN)nc2ccccc12. The minimum Gasteiger partial charge on any atom is -0.383 e.